The Hall–Kier alpha value is -2.81. The van der Waals surface area contributed by atoms with Gasteiger partial charge in [0.2, 0.25) is 5.91 Å². The molecule has 0 radical (unpaired) electrons. The van der Waals surface area contributed by atoms with Crippen molar-refractivity contribution in [1.82, 2.24) is 5.32 Å². The Morgan fingerprint density at radius 3 is 2.19 bits per heavy atom. The summed E-state index contributed by atoms with van der Waals surface area (Å²) in [6.45, 7) is 10.2. The van der Waals surface area contributed by atoms with Gasteiger partial charge in [0.05, 0.1) is 11.3 Å². The Morgan fingerprint density at radius 1 is 1.06 bits per heavy atom. The van der Waals surface area contributed by atoms with E-state index in [-0.39, 0.29) is 23.7 Å². The molecule has 0 bridgehead atoms. The summed E-state index contributed by atoms with van der Waals surface area (Å²) < 4.78 is 79.3. The van der Waals surface area contributed by atoms with E-state index >= 15 is 0 Å². The van der Waals surface area contributed by atoms with Gasteiger partial charge in [0.1, 0.15) is 5.41 Å². The molecule has 0 aliphatic heterocycles. The largest absolute Gasteiger partial charge is 0.416 e. The predicted octanol–water partition coefficient (Wildman–Crippen LogP) is 8.17. The van der Waals surface area contributed by atoms with Gasteiger partial charge in [0.15, 0.2) is 0 Å². The van der Waals surface area contributed by atoms with E-state index in [1.165, 1.54) is 18.2 Å². The van der Waals surface area contributed by atoms with Crippen molar-refractivity contribution >= 4 is 28.9 Å². The topological polar surface area (TPSA) is 41.5 Å². The van der Waals surface area contributed by atoms with Gasteiger partial charge >= 0.3 is 12.4 Å². The summed E-state index contributed by atoms with van der Waals surface area (Å²) in [7, 11) is 0. The van der Waals surface area contributed by atoms with E-state index in [1.54, 1.807) is 32.9 Å². The molecule has 0 heterocycles. The minimum atomic E-state index is -4.71. The first-order valence-corrected chi connectivity index (χ1v) is 11.3. The maximum absolute atomic E-state index is 13.3. The number of carbonyl (C=O) groups excluding carboxylic acids is 1. The first-order chi connectivity index (χ1) is 16.4. The summed E-state index contributed by atoms with van der Waals surface area (Å²) in [4.78, 5) is 16.5. The molecule has 0 aliphatic carbocycles. The van der Waals surface area contributed by atoms with Crippen LogP contribution < -0.4 is 5.32 Å². The first kappa shape index (κ1) is 29.4. The third kappa shape index (κ3) is 6.69. The van der Waals surface area contributed by atoms with E-state index in [1.807, 2.05) is 0 Å². The number of alkyl halides is 6. The molecule has 2 rings (SSSR count). The molecule has 0 saturated carbocycles. The molecule has 0 aromatic heterocycles. The van der Waals surface area contributed by atoms with Gasteiger partial charge in [-0.15, -0.1) is 0 Å². The van der Waals surface area contributed by atoms with Crippen molar-refractivity contribution < 1.29 is 31.1 Å². The quantitative estimate of drug-likeness (QED) is 0.283. The van der Waals surface area contributed by atoms with E-state index < -0.39 is 29.2 Å². The number of aliphatic imine (C=N–C) groups is 1. The van der Waals surface area contributed by atoms with Crippen LogP contribution in [0.3, 0.4) is 0 Å². The molecular weight excluding hydrogens is 506 g/mol. The Bertz CT molecular complexity index is 1180. The molecule has 10 heteroatoms. The lowest BCUT2D eigenvalue weighted by Crippen LogP contribution is -2.46. The van der Waals surface area contributed by atoms with Crippen molar-refractivity contribution in [2.45, 2.75) is 59.4 Å². The number of benzene rings is 2. The average molecular weight is 533 g/mol. The minimum Gasteiger partial charge on any atom is -0.351 e. The normalized spacial score (nSPS) is 13.2. The highest BCUT2D eigenvalue weighted by atomic mass is 35.5. The molecule has 3 nitrogen and oxygen atoms in total. The zero-order chi connectivity index (χ0) is 27.6. The van der Waals surface area contributed by atoms with Gasteiger partial charge in [-0.05, 0) is 67.6 Å². The predicted molar refractivity (Wildman–Crippen MR) is 130 cm³/mol. The van der Waals surface area contributed by atoms with Crippen molar-refractivity contribution in [3.05, 3.63) is 75.8 Å². The van der Waals surface area contributed by atoms with Gasteiger partial charge in [-0.25, -0.2) is 0 Å². The lowest BCUT2D eigenvalue weighted by Gasteiger charge is -2.26. The standard InChI is InChI=1S/C26H27ClF6N2O/c1-14(2)19-12-18(8-9-21(19)25(28,29)30)15(3)35-16(4)20-11-17(7-10-22(20)27)13-34-23(36)24(5,6)26(31,32)33/h7-12,14H,3,13H2,1-2,4-6H3,(H,34,36). The number of halogens is 7. The van der Waals surface area contributed by atoms with Crippen LogP contribution in [0.25, 0.3) is 5.70 Å². The number of nitrogens with zero attached hydrogens (tertiary/aromatic N) is 1. The van der Waals surface area contributed by atoms with Gasteiger partial charge in [0.25, 0.3) is 0 Å². The van der Waals surface area contributed by atoms with Gasteiger partial charge in [0, 0.05) is 22.8 Å². The highest BCUT2D eigenvalue weighted by Crippen LogP contribution is 2.38. The molecule has 1 amide bonds. The summed E-state index contributed by atoms with van der Waals surface area (Å²) in [6, 6.07) is 8.34. The molecule has 36 heavy (non-hydrogen) atoms. The van der Waals surface area contributed by atoms with E-state index in [4.69, 9.17) is 11.6 Å². The zero-order valence-corrected chi connectivity index (χ0v) is 21.2. The van der Waals surface area contributed by atoms with Crippen LogP contribution >= 0.6 is 11.6 Å². The van der Waals surface area contributed by atoms with Gasteiger partial charge in [-0.2, -0.15) is 26.3 Å². The summed E-state index contributed by atoms with van der Waals surface area (Å²) in [5.41, 5.74) is -1.24. The fourth-order valence-electron chi connectivity index (χ4n) is 3.30. The number of carbonyl (C=O) groups is 1. The highest BCUT2D eigenvalue weighted by Gasteiger charge is 2.52. The van der Waals surface area contributed by atoms with Crippen molar-refractivity contribution in [2.75, 3.05) is 0 Å². The smallest absolute Gasteiger partial charge is 0.351 e. The highest BCUT2D eigenvalue weighted by molar-refractivity contribution is 6.34. The second-order valence-electron chi connectivity index (χ2n) is 9.22. The van der Waals surface area contributed by atoms with Gasteiger partial charge < -0.3 is 5.32 Å². The van der Waals surface area contributed by atoms with Crippen LogP contribution in [0.4, 0.5) is 26.3 Å². The lowest BCUT2D eigenvalue weighted by atomic mass is 9.91. The third-order valence-electron chi connectivity index (χ3n) is 5.76. The Labute approximate surface area is 211 Å². The van der Waals surface area contributed by atoms with Crippen LogP contribution in [0.2, 0.25) is 5.02 Å². The van der Waals surface area contributed by atoms with Gasteiger partial charge in [-0.3, -0.25) is 9.79 Å². The van der Waals surface area contributed by atoms with Crippen LogP contribution in [-0.2, 0) is 17.5 Å². The Morgan fingerprint density at radius 2 is 1.67 bits per heavy atom. The SMILES string of the molecule is C=C(N=C(C)c1cc(CNC(=O)C(C)(C)C(F)(F)F)ccc1Cl)c1ccc(C(F)(F)F)c(C(C)C)c1. The zero-order valence-electron chi connectivity index (χ0n) is 20.5. The molecule has 2 aromatic carbocycles. The van der Waals surface area contributed by atoms with Crippen molar-refractivity contribution in [3.8, 4) is 0 Å². The van der Waals surface area contributed by atoms with E-state index in [0.717, 1.165) is 19.9 Å². The van der Waals surface area contributed by atoms with Crippen LogP contribution in [0, 0.1) is 5.41 Å². The van der Waals surface area contributed by atoms with E-state index in [9.17, 15) is 31.1 Å². The molecule has 2 aromatic rings. The second-order valence-corrected chi connectivity index (χ2v) is 9.63. The number of nitrogens with one attached hydrogen (secondary N) is 1. The number of amides is 1. The summed E-state index contributed by atoms with van der Waals surface area (Å²) in [5.74, 6) is -1.56. The molecule has 0 aliphatic rings. The van der Waals surface area contributed by atoms with Crippen molar-refractivity contribution in [3.63, 3.8) is 0 Å². The number of rotatable bonds is 7. The monoisotopic (exact) mass is 532 g/mol. The van der Waals surface area contributed by atoms with Crippen LogP contribution in [0.15, 0.2) is 48.0 Å². The lowest BCUT2D eigenvalue weighted by molar-refractivity contribution is -0.211. The molecule has 1 N–H and O–H groups in total. The van der Waals surface area contributed by atoms with Crippen molar-refractivity contribution in [2.24, 2.45) is 10.4 Å². The van der Waals surface area contributed by atoms with E-state index in [0.29, 0.717) is 27.4 Å². The maximum atomic E-state index is 13.3. The summed E-state index contributed by atoms with van der Waals surface area (Å²) >= 11 is 6.28. The molecule has 196 valence electrons. The van der Waals surface area contributed by atoms with Crippen LogP contribution in [-0.4, -0.2) is 17.8 Å². The molecule has 0 unspecified atom stereocenters. The minimum absolute atomic E-state index is 0.117. The second kappa shape index (κ2) is 10.7. The first-order valence-electron chi connectivity index (χ1n) is 11.0. The summed E-state index contributed by atoms with van der Waals surface area (Å²) in [6.07, 6.45) is -9.20. The molecule has 0 saturated heterocycles. The average Bonchev–Trinajstić information content (AvgIpc) is 2.76. The third-order valence-corrected chi connectivity index (χ3v) is 6.09. The molecule has 0 fully saturated rings. The number of hydrogen-bond donors (Lipinski definition) is 1. The van der Waals surface area contributed by atoms with Crippen molar-refractivity contribution in [1.29, 1.82) is 0 Å². The fourth-order valence-corrected chi connectivity index (χ4v) is 3.55. The number of hydrogen-bond acceptors (Lipinski definition) is 2. The van der Waals surface area contributed by atoms with Crippen LogP contribution in [0.1, 0.15) is 68.4 Å². The maximum Gasteiger partial charge on any atom is 0.416 e. The van der Waals surface area contributed by atoms with Gasteiger partial charge in [-0.1, -0.05) is 44.2 Å². The molecule has 0 atom stereocenters. The fraction of sp³-hybridized carbons (Fsp3) is 0.385. The Balaban J connectivity index is 2.30. The summed E-state index contributed by atoms with van der Waals surface area (Å²) in [5, 5.41) is 2.58. The van der Waals surface area contributed by atoms with E-state index in [2.05, 4.69) is 16.9 Å². The Kier molecular flexibility index (Phi) is 8.71. The van der Waals surface area contributed by atoms with Crippen LogP contribution in [0.5, 0.6) is 0 Å². The molecular formula is C26H27ClF6N2O. The molecule has 0 spiro atoms.